The summed E-state index contributed by atoms with van der Waals surface area (Å²) >= 11 is 0. The summed E-state index contributed by atoms with van der Waals surface area (Å²) < 4.78 is 5.63. The van der Waals surface area contributed by atoms with Crippen molar-refractivity contribution >= 4 is 0 Å². The molecule has 0 bridgehead atoms. The van der Waals surface area contributed by atoms with Crippen LogP contribution < -0.4 is 0 Å². The van der Waals surface area contributed by atoms with Crippen LogP contribution >= 0.6 is 0 Å². The maximum Gasteiger partial charge on any atom is 0.113 e. The van der Waals surface area contributed by atoms with Gasteiger partial charge in [0.05, 0.1) is 23.8 Å². The highest BCUT2D eigenvalue weighted by Crippen LogP contribution is 2.33. The first-order valence-electron chi connectivity index (χ1n) is 9.81. The molecule has 0 aliphatic carbocycles. The Morgan fingerprint density at radius 3 is 2.23 bits per heavy atom. The van der Waals surface area contributed by atoms with Crippen molar-refractivity contribution < 1.29 is 30.3 Å². The number of nitriles is 1. The van der Waals surface area contributed by atoms with Crippen molar-refractivity contribution in [2.45, 2.75) is 56.4 Å². The second-order valence-corrected chi connectivity index (χ2v) is 8.21. The normalized spacial score (nSPS) is 26.9. The average molecular weight is 413 g/mol. The maximum absolute atomic E-state index is 10.4. The van der Waals surface area contributed by atoms with Crippen LogP contribution in [0.4, 0.5) is 0 Å². The number of rotatable bonds is 5. The first-order chi connectivity index (χ1) is 14.2. The molecule has 0 unspecified atom stereocenters. The van der Waals surface area contributed by atoms with E-state index in [9.17, 15) is 30.8 Å². The number of hydrogen-bond acceptors (Lipinski definition) is 7. The van der Waals surface area contributed by atoms with E-state index >= 15 is 0 Å². The van der Waals surface area contributed by atoms with Crippen LogP contribution in [0.1, 0.15) is 47.8 Å². The van der Waals surface area contributed by atoms with Crippen molar-refractivity contribution in [2.75, 3.05) is 6.61 Å². The Morgan fingerprint density at radius 1 is 1.00 bits per heavy atom. The number of nitrogens with zero attached hydrogens (tertiary/aromatic N) is 1. The summed E-state index contributed by atoms with van der Waals surface area (Å²) in [5.74, 6) is 0. The first kappa shape index (κ1) is 22.4. The molecule has 1 saturated heterocycles. The third kappa shape index (κ3) is 4.55. The van der Waals surface area contributed by atoms with Crippen LogP contribution in [-0.2, 0) is 16.8 Å². The van der Waals surface area contributed by atoms with Gasteiger partial charge in [-0.2, -0.15) is 5.26 Å². The monoisotopic (exact) mass is 413 g/mol. The molecule has 7 nitrogen and oxygen atoms in total. The molecular formula is C23H27NO6. The summed E-state index contributed by atoms with van der Waals surface area (Å²) in [6.07, 6.45) is -5.77. The second kappa shape index (κ2) is 8.82. The van der Waals surface area contributed by atoms with Crippen LogP contribution in [-0.4, -0.2) is 56.6 Å². The third-order valence-corrected chi connectivity index (χ3v) is 5.53. The van der Waals surface area contributed by atoms with Gasteiger partial charge in [-0.3, -0.25) is 0 Å². The molecule has 0 amide bonds. The highest BCUT2D eigenvalue weighted by molar-refractivity contribution is 5.44. The maximum atomic E-state index is 10.4. The molecule has 0 saturated carbocycles. The van der Waals surface area contributed by atoms with E-state index in [0.29, 0.717) is 23.1 Å². The van der Waals surface area contributed by atoms with Crippen molar-refractivity contribution in [3.8, 4) is 6.07 Å². The van der Waals surface area contributed by atoms with Gasteiger partial charge in [0, 0.05) is 0 Å². The smallest absolute Gasteiger partial charge is 0.113 e. The molecule has 7 heteroatoms. The minimum absolute atomic E-state index is 0.445. The molecule has 1 heterocycles. The van der Waals surface area contributed by atoms with Gasteiger partial charge in [0.15, 0.2) is 0 Å². The fourth-order valence-corrected chi connectivity index (χ4v) is 3.67. The number of hydrogen-bond donors (Lipinski definition) is 5. The molecule has 0 spiro atoms. The Labute approximate surface area is 175 Å². The molecule has 5 atom stereocenters. The van der Waals surface area contributed by atoms with Crippen LogP contribution in [0.25, 0.3) is 0 Å². The van der Waals surface area contributed by atoms with E-state index in [1.807, 2.05) is 24.3 Å². The van der Waals surface area contributed by atoms with Gasteiger partial charge in [0.25, 0.3) is 0 Å². The summed E-state index contributed by atoms with van der Waals surface area (Å²) in [4.78, 5) is 0. The summed E-state index contributed by atoms with van der Waals surface area (Å²) in [5.41, 5.74) is 2.48. The molecule has 3 rings (SSSR count). The fourth-order valence-electron chi connectivity index (χ4n) is 3.67. The predicted molar refractivity (Wildman–Crippen MR) is 108 cm³/mol. The molecular weight excluding hydrogens is 386 g/mol. The number of aliphatic hydroxyl groups excluding tert-OH is 4. The van der Waals surface area contributed by atoms with E-state index < -0.39 is 42.7 Å². The van der Waals surface area contributed by atoms with Crippen molar-refractivity contribution in [2.24, 2.45) is 0 Å². The lowest BCUT2D eigenvalue weighted by Crippen LogP contribution is -2.55. The van der Waals surface area contributed by atoms with E-state index in [4.69, 9.17) is 4.74 Å². The lowest BCUT2D eigenvalue weighted by molar-refractivity contribution is -0.231. The highest BCUT2D eigenvalue weighted by atomic mass is 16.5. The van der Waals surface area contributed by atoms with Crippen molar-refractivity contribution in [1.82, 2.24) is 0 Å². The van der Waals surface area contributed by atoms with Crippen LogP contribution in [0.15, 0.2) is 42.5 Å². The third-order valence-electron chi connectivity index (χ3n) is 5.53. The van der Waals surface area contributed by atoms with Gasteiger partial charge in [-0.15, -0.1) is 0 Å². The lowest BCUT2D eigenvalue weighted by atomic mass is 9.88. The van der Waals surface area contributed by atoms with E-state index in [1.54, 1.807) is 32.0 Å². The van der Waals surface area contributed by atoms with Crippen LogP contribution in [0.5, 0.6) is 0 Å². The zero-order valence-electron chi connectivity index (χ0n) is 16.9. The quantitative estimate of drug-likeness (QED) is 0.491. The van der Waals surface area contributed by atoms with Gasteiger partial charge in [-0.25, -0.2) is 0 Å². The Kier molecular flexibility index (Phi) is 6.58. The Morgan fingerprint density at radius 2 is 1.67 bits per heavy atom. The topological polar surface area (TPSA) is 134 Å². The zero-order valence-corrected chi connectivity index (χ0v) is 16.9. The van der Waals surface area contributed by atoms with Gasteiger partial charge in [0.1, 0.15) is 30.5 Å². The minimum atomic E-state index is -1.46. The molecule has 0 radical (unpaired) electrons. The first-order valence-corrected chi connectivity index (χ1v) is 9.81. The minimum Gasteiger partial charge on any atom is -0.394 e. The molecule has 1 fully saturated rings. The summed E-state index contributed by atoms with van der Waals surface area (Å²) in [6, 6.07) is 14.6. The molecule has 160 valence electrons. The molecule has 1 aliphatic heterocycles. The molecule has 2 aromatic carbocycles. The fraction of sp³-hybridized carbons (Fsp3) is 0.435. The van der Waals surface area contributed by atoms with E-state index in [2.05, 4.69) is 6.07 Å². The van der Waals surface area contributed by atoms with Gasteiger partial charge in [-0.05, 0) is 48.6 Å². The molecule has 5 N–H and O–H groups in total. The largest absolute Gasteiger partial charge is 0.394 e. The van der Waals surface area contributed by atoms with Crippen molar-refractivity contribution in [3.05, 3.63) is 70.3 Å². The van der Waals surface area contributed by atoms with Gasteiger partial charge < -0.3 is 30.3 Å². The van der Waals surface area contributed by atoms with E-state index in [1.165, 1.54) is 0 Å². The molecule has 0 aromatic heterocycles. The number of aliphatic hydroxyl groups is 5. The highest BCUT2D eigenvalue weighted by Gasteiger charge is 2.44. The Hall–Kier alpha value is -2.31. The molecule has 1 aliphatic rings. The summed E-state index contributed by atoms with van der Waals surface area (Å²) in [6.45, 7) is 2.91. The van der Waals surface area contributed by atoms with E-state index in [-0.39, 0.29) is 0 Å². The SMILES string of the molecule is CC(C)(O)c1ccc(Cc2cc([C@@H]3O[C@H](CO)[C@@H](O)[C@H](O)[C@H]3O)ccc2C#N)cc1. The number of ether oxygens (including phenoxy) is 1. The predicted octanol–water partition coefficient (Wildman–Crippen LogP) is 0.891. The van der Waals surface area contributed by atoms with E-state index in [0.717, 1.165) is 11.1 Å². The number of benzene rings is 2. The van der Waals surface area contributed by atoms with Gasteiger partial charge >= 0.3 is 0 Å². The van der Waals surface area contributed by atoms with Gasteiger partial charge in [-0.1, -0.05) is 36.4 Å². The lowest BCUT2D eigenvalue weighted by Gasteiger charge is -2.40. The Balaban J connectivity index is 1.90. The average Bonchev–Trinajstić information content (AvgIpc) is 2.72. The van der Waals surface area contributed by atoms with Crippen LogP contribution in [0, 0.1) is 11.3 Å². The van der Waals surface area contributed by atoms with Crippen LogP contribution in [0.3, 0.4) is 0 Å². The Bertz CT molecular complexity index is 913. The van der Waals surface area contributed by atoms with Gasteiger partial charge in [0.2, 0.25) is 0 Å². The summed E-state index contributed by atoms with van der Waals surface area (Å²) in [5, 5.41) is 59.4. The molecule has 2 aromatic rings. The standard InChI is InChI=1S/C23H27NO6/c1-23(2,29)17-7-3-13(4-8-17)9-16-10-14(5-6-15(16)11-24)22-21(28)20(27)19(26)18(12-25)30-22/h3-8,10,18-22,25-29H,9,12H2,1-2H3/t18-,19-,20+,21-,22+/m1/s1. The van der Waals surface area contributed by atoms with Crippen LogP contribution in [0.2, 0.25) is 0 Å². The van der Waals surface area contributed by atoms with Crippen molar-refractivity contribution in [1.29, 1.82) is 5.26 Å². The van der Waals surface area contributed by atoms with Crippen molar-refractivity contribution in [3.63, 3.8) is 0 Å². The zero-order chi connectivity index (χ0) is 22.1. The molecule has 30 heavy (non-hydrogen) atoms. The second-order valence-electron chi connectivity index (χ2n) is 8.21. The summed E-state index contributed by atoms with van der Waals surface area (Å²) in [7, 11) is 0.